The molecular weight excluding hydrogens is 1040 g/mol. The number of benzene rings is 8. The van der Waals surface area contributed by atoms with Crippen LogP contribution < -0.4 is 10.9 Å². The lowest BCUT2D eigenvalue weighted by Crippen LogP contribution is -2.17. The van der Waals surface area contributed by atoms with Crippen LogP contribution in [0.1, 0.15) is 211 Å². The summed E-state index contributed by atoms with van der Waals surface area (Å²) in [5.74, 6) is 0. The molecule has 0 atom stereocenters. The lowest BCUT2D eigenvalue weighted by atomic mass is 9.78. The first-order valence-electron chi connectivity index (χ1n) is 31.7. The van der Waals surface area contributed by atoms with Gasteiger partial charge in [-0.1, -0.05) is 275 Å². The average molecular weight is 1130 g/mol. The van der Waals surface area contributed by atoms with Crippen LogP contribution in [0.25, 0.3) is 120 Å². The van der Waals surface area contributed by atoms with Crippen LogP contribution in [-0.2, 0) is 43.3 Å². The highest BCUT2D eigenvalue weighted by atomic mass is 16.1. The Labute approximate surface area is 512 Å². The first-order chi connectivity index (χ1) is 39.5. The summed E-state index contributed by atoms with van der Waals surface area (Å²) in [6.07, 6.45) is 0. The van der Waals surface area contributed by atoms with Crippen LogP contribution in [-0.4, -0.2) is 0 Å². The Morgan fingerprint density at radius 3 is 0.581 bits per heavy atom. The highest BCUT2D eigenvalue weighted by Crippen LogP contribution is 2.54. The summed E-state index contributed by atoms with van der Waals surface area (Å²) >= 11 is 0. The summed E-state index contributed by atoms with van der Waals surface area (Å²) in [6, 6.07) is 46.5. The van der Waals surface area contributed by atoms with Gasteiger partial charge in [0.25, 0.3) is 0 Å². The molecule has 0 aliphatic rings. The largest absolute Gasteiger partial charge is 0.289 e. The Hall–Kier alpha value is -7.16. The van der Waals surface area contributed by atoms with Crippen LogP contribution in [0.3, 0.4) is 0 Å². The van der Waals surface area contributed by atoms with Gasteiger partial charge in [0, 0.05) is 43.8 Å². The van der Waals surface area contributed by atoms with Crippen LogP contribution in [0, 0.1) is 0 Å². The second kappa shape index (κ2) is 18.7. The van der Waals surface area contributed by atoms with E-state index in [1.807, 2.05) is 0 Å². The Kier molecular flexibility index (Phi) is 12.9. The van der Waals surface area contributed by atoms with Crippen LogP contribution in [0.4, 0.5) is 0 Å². The summed E-state index contributed by atoms with van der Waals surface area (Å²) in [7, 11) is 0. The Morgan fingerprint density at radius 1 is 0.198 bits per heavy atom. The maximum absolute atomic E-state index is 16.5. The molecule has 0 radical (unpaired) electrons. The van der Waals surface area contributed by atoms with E-state index < -0.39 is 0 Å². The van der Waals surface area contributed by atoms with E-state index in [1.54, 1.807) is 0 Å². The van der Waals surface area contributed by atoms with Gasteiger partial charge in [-0.3, -0.25) is 9.59 Å². The van der Waals surface area contributed by atoms with Crippen molar-refractivity contribution in [3.05, 3.63) is 186 Å². The SMILES string of the molecule is CC(C)(C)c1cc(-c2c(=O)c(-c3cc(C(C)(C)C)cc(C(C)(C)C)c3)c3c4cc5c(cc6c7c(-c8cc(C(C)(C)C)cc(C(C)(C)C)c8)c(=O)c(-c8cc(C(C)(C)C)cc(C(C)(C)C)c8)c7c7cccc5c76)c5cccc(c23)c54)cc(C(C)(C)C)c1. The smallest absolute Gasteiger partial charge is 0.195 e. The standard InChI is InChI=1S/C84H92O2/c1-77(2,3)49-31-45(32-50(39-49)78(4,5)6)65-71-59-29-25-27-57-62-44-64-70-58(61(62)43-63(69(57)59)73(71)67(75(65)85)47-35-53(81(13,14)15)41-54(36-47)82(16,17)18)28-26-30-60(70)72-66(46-33-51(79(7,8)9)40-52(34-46)80(10,11)12)76(86)68(74(64)72)48-37-55(83(19,20)21)42-56(38-48)84(22,23)24/h25-44H,1-24H3. The number of rotatable bonds is 4. The molecule has 440 valence electrons. The van der Waals surface area contributed by atoms with Crippen molar-refractivity contribution in [2.75, 3.05) is 0 Å². The monoisotopic (exact) mass is 1130 g/mol. The summed E-state index contributed by atoms with van der Waals surface area (Å²) in [5.41, 5.74) is 15.7. The fourth-order valence-corrected chi connectivity index (χ4v) is 13.9. The molecule has 86 heavy (non-hydrogen) atoms. The first-order valence-corrected chi connectivity index (χ1v) is 31.7. The van der Waals surface area contributed by atoms with Crippen LogP contribution in [0.15, 0.2) is 131 Å². The summed E-state index contributed by atoms with van der Waals surface area (Å²) in [5, 5.41) is 15.5. The van der Waals surface area contributed by atoms with Crippen LogP contribution >= 0.6 is 0 Å². The maximum Gasteiger partial charge on any atom is 0.195 e. The van der Waals surface area contributed by atoms with Crippen molar-refractivity contribution in [2.24, 2.45) is 0 Å². The summed E-state index contributed by atoms with van der Waals surface area (Å²) in [4.78, 5) is 32.9. The molecule has 0 aromatic heterocycles. The lowest BCUT2D eigenvalue weighted by Gasteiger charge is -2.26. The molecular formula is C84H92O2. The van der Waals surface area contributed by atoms with Crippen LogP contribution in [0.2, 0.25) is 0 Å². The minimum atomic E-state index is -0.165. The highest BCUT2D eigenvalue weighted by Gasteiger charge is 2.34. The van der Waals surface area contributed by atoms with Crippen molar-refractivity contribution >= 4 is 75.4 Å². The van der Waals surface area contributed by atoms with Crippen molar-refractivity contribution in [3.8, 4) is 44.5 Å². The third kappa shape index (κ3) is 9.40. The summed E-state index contributed by atoms with van der Waals surface area (Å²) in [6.45, 7) is 54.8. The molecule has 0 aliphatic heterocycles. The van der Waals surface area contributed by atoms with Gasteiger partial charge in [0.1, 0.15) is 0 Å². The molecule has 0 spiro atoms. The summed E-state index contributed by atoms with van der Waals surface area (Å²) < 4.78 is 0. The van der Waals surface area contributed by atoms with E-state index in [0.29, 0.717) is 0 Å². The minimum Gasteiger partial charge on any atom is -0.289 e. The Morgan fingerprint density at radius 2 is 0.384 bits per heavy atom. The van der Waals surface area contributed by atoms with Gasteiger partial charge in [0.05, 0.1) is 0 Å². The predicted molar refractivity (Wildman–Crippen MR) is 378 cm³/mol. The van der Waals surface area contributed by atoms with E-state index in [2.05, 4.69) is 287 Å². The van der Waals surface area contributed by atoms with Gasteiger partial charge >= 0.3 is 0 Å². The van der Waals surface area contributed by atoms with E-state index in [0.717, 1.165) is 109 Å². The Balaban J connectivity index is 1.29. The molecule has 0 fully saturated rings. The fraction of sp³-hybridized carbons (Fsp3) is 0.381. The Bertz CT molecular complexity index is 4440. The molecule has 0 saturated carbocycles. The number of hydrogen-bond acceptors (Lipinski definition) is 2. The van der Waals surface area contributed by atoms with Gasteiger partial charge < -0.3 is 0 Å². The second-order valence-electron chi connectivity index (χ2n) is 34.3. The third-order valence-corrected chi connectivity index (χ3v) is 19.4. The number of fused-ring (bicyclic) bond motifs is 9. The van der Waals surface area contributed by atoms with E-state index >= 15 is 9.59 Å². The van der Waals surface area contributed by atoms with Gasteiger partial charge in [-0.2, -0.15) is 0 Å². The molecule has 12 aromatic carbocycles. The zero-order valence-electron chi connectivity index (χ0n) is 56.4. The molecule has 2 nitrogen and oxygen atoms in total. The molecule has 2 heteroatoms. The first kappa shape index (κ1) is 59.2. The third-order valence-electron chi connectivity index (χ3n) is 19.4. The maximum atomic E-state index is 16.5. The van der Waals surface area contributed by atoms with E-state index in [-0.39, 0.29) is 54.2 Å². The molecule has 0 amide bonds. The molecule has 0 saturated heterocycles. The topological polar surface area (TPSA) is 34.1 Å². The van der Waals surface area contributed by atoms with Crippen molar-refractivity contribution in [3.63, 3.8) is 0 Å². The predicted octanol–water partition coefficient (Wildman–Crippen LogP) is 23.3. The zero-order valence-corrected chi connectivity index (χ0v) is 56.4. The minimum absolute atomic E-state index is 0.0849. The van der Waals surface area contributed by atoms with Gasteiger partial charge in [-0.25, -0.2) is 0 Å². The highest BCUT2D eigenvalue weighted by molar-refractivity contribution is 6.45. The van der Waals surface area contributed by atoms with Gasteiger partial charge in [0.15, 0.2) is 10.9 Å². The molecule has 0 bridgehead atoms. The van der Waals surface area contributed by atoms with Crippen molar-refractivity contribution in [2.45, 2.75) is 209 Å². The van der Waals surface area contributed by atoms with Gasteiger partial charge in [-0.05, 0) is 176 Å². The van der Waals surface area contributed by atoms with Gasteiger partial charge in [-0.15, -0.1) is 0 Å². The molecule has 0 unspecified atom stereocenters. The quantitative estimate of drug-likeness (QED) is 0.165. The van der Waals surface area contributed by atoms with Crippen molar-refractivity contribution < 1.29 is 0 Å². The van der Waals surface area contributed by atoms with Crippen molar-refractivity contribution in [1.82, 2.24) is 0 Å². The molecule has 0 N–H and O–H groups in total. The molecule has 12 rings (SSSR count). The average Bonchev–Trinajstić information content (AvgIpc) is 1.52. The van der Waals surface area contributed by atoms with Crippen LogP contribution in [0.5, 0.6) is 0 Å². The second-order valence-corrected chi connectivity index (χ2v) is 34.3. The molecule has 0 heterocycles. The van der Waals surface area contributed by atoms with Gasteiger partial charge in [0.2, 0.25) is 0 Å². The normalized spacial score (nSPS) is 13.9. The number of hydrogen-bond donors (Lipinski definition) is 0. The van der Waals surface area contributed by atoms with E-state index in [1.165, 1.54) is 55.3 Å². The fourth-order valence-electron chi connectivity index (χ4n) is 13.9. The molecule has 12 aromatic rings. The van der Waals surface area contributed by atoms with Crippen molar-refractivity contribution in [1.29, 1.82) is 0 Å². The van der Waals surface area contributed by atoms with E-state index in [9.17, 15) is 0 Å². The zero-order chi connectivity index (χ0) is 62.6. The lowest BCUT2D eigenvalue weighted by molar-refractivity contribution is 0.568. The van der Waals surface area contributed by atoms with E-state index in [4.69, 9.17) is 0 Å². The molecule has 0 aliphatic carbocycles.